The quantitative estimate of drug-likeness (QED) is 0.703. The lowest BCUT2D eigenvalue weighted by Crippen LogP contribution is -2.63. The second kappa shape index (κ2) is 8.36. The molecule has 2 saturated heterocycles. The van der Waals surface area contributed by atoms with Gasteiger partial charge in [0.15, 0.2) is 0 Å². The maximum absolute atomic E-state index is 12.0. The van der Waals surface area contributed by atoms with Crippen molar-refractivity contribution >= 4 is 11.0 Å². The molecule has 2 fully saturated rings. The van der Waals surface area contributed by atoms with Crippen LogP contribution in [0.25, 0.3) is 11.0 Å². The van der Waals surface area contributed by atoms with E-state index < -0.39 is 5.60 Å². The number of likely N-dealkylation sites (tertiary alicyclic amines) is 1. The Bertz CT molecular complexity index is 1030. The van der Waals surface area contributed by atoms with E-state index in [1.165, 1.54) is 5.52 Å². The molecule has 0 bridgehead atoms. The van der Waals surface area contributed by atoms with Crippen molar-refractivity contribution in [2.24, 2.45) is 7.05 Å². The number of imidazole rings is 1. The van der Waals surface area contributed by atoms with E-state index in [0.29, 0.717) is 0 Å². The van der Waals surface area contributed by atoms with Crippen molar-refractivity contribution in [2.75, 3.05) is 46.3 Å². The average Bonchev–Trinajstić information content (AvgIpc) is 3.12. The highest BCUT2D eigenvalue weighted by molar-refractivity contribution is 5.75. The lowest BCUT2D eigenvalue weighted by atomic mass is 9.79. The number of hydrogen-bond acceptors (Lipinski definition) is 5. The Morgan fingerprint density at radius 2 is 1.65 bits per heavy atom. The number of nitrogens with zero attached hydrogens (tertiary/aromatic N) is 5. The van der Waals surface area contributed by atoms with Gasteiger partial charge in [0.25, 0.3) is 0 Å². The number of fused-ring (bicyclic) bond motifs is 1. The van der Waals surface area contributed by atoms with Crippen LogP contribution in [-0.4, -0.2) is 81.7 Å². The molecule has 0 amide bonds. The molecular formula is C25H33N5O. The molecule has 164 valence electrons. The molecule has 3 heterocycles. The van der Waals surface area contributed by atoms with Crippen LogP contribution in [0.1, 0.15) is 17.8 Å². The fourth-order valence-corrected chi connectivity index (χ4v) is 5.28. The van der Waals surface area contributed by atoms with Gasteiger partial charge in [-0.05, 0) is 31.2 Å². The van der Waals surface area contributed by atoms with Gasteiger partial charge in [0, 0.05) is 46.3 Å². The van der Waals surface area contributed by atoms with Crippen molar-refractivity contribution in [1.29, 1.82) is 0 Å². The van der Waals surface area contributed by atoms with E-state index in [-0.39, 0.29) is 6.04 Å². The van der Waals surface area contributed by atoms with Crippen LogP contribution in [0.15, 0.2) is 54.6 Å². The van der Waals surface area contributed by atoms with Crippen LogP contribution in [0.5, 0.6) is 0 Å². The van der Waals surface area contributed by atoms with E-state index in [0.717, 1.165) is 69.1 Å². The summed E-state index contributed by atoms with van der Waals surface area (Å²) in [5.74, 6) is 1.09. The molecule has 0 saturated carbocycles. The first kappa shape index (κ1) is 20.6. The van der Waals surface area contributed by atoms with Crippen LogP contribution >= 0.6 is 0 Å². The first-order valence-corrected chi connectivity index (χ1v) is 11.4. The van der Waals surface area contributed by atoms with Crippen LogP contribution < -0.4 is 0 Å². The standard InChI is InChI=1S/C25H33N5O/c1-27-14-16-30(17-15-27)23-18-29(13-12-25(23,31)20-8-4-3-5-9-20)19-24-26-21-10-6-7-11-22(21)28(24)2/h3-11,23,31H,12-19H2,1-2H3/t23-,25+/m1/s1. The predicted octanol–water partition coefficient (Wildman–Crippen LogP) is 2.28. The van der Waals surface area contributed by atoms with Gasteiger partial charge in [0.1, 0.15) is 11.4 Å². The molecule has 0 radical (unpaired) electrons. The average molecular weight is 420 g/mol. The number of aliphatic hydroxyl groups is 1. The molecule has 1 aromatic heterocycles. The minimum Gasteiger partial charge on any atom is -0.383 e. The third-order valence-corrected chi connectivity index (χ3v) is 7.29. The van der Waals surface area contributed by atoms with Gasteiger partial charge in [-0.2, -0.15) is 0 Å². The maximum atomic E-state index is 12.0. The Balaban J connectivity index is 1.41. The largest absolute Gasteiger partial charge is 0.383 e. The Kier molecular flexibility index (Phi) is 5.56. The van der Waals surface area contributed by atoms with E-state index in [2.05, 4.69) is 63.7 Å². The van der Waals surface area contributed by atoms with E-state index in [1.807, 2.05) is 24.3 Å². The van der Waals surface area contributed by atoms with E-state index >= 15 is 0 Å². The molecular weight excluding hydrogens is 386 g/mol. The molecule has 2 aliphatic heterocycles. The molecule has 2 aromatic carbocycles. The van der Waals surface area contributed by atoms with E-state index in [9.17, 15) is 5.11 Å². The van der Waals surface area contributed by atoms with Crippen molar-refractivity contribution in [3.63, 3.8) is 0 Å². The Morgan fingerprint density at radius 3 is 2.39 bits per heavy atom. The molecule has 1 N–H and O–H groups in total. The third-order valence-electron chi connectivity index (χ3n) is 7.29. The van der Waals surface area contributed by atoms with Gasteiger partial charge in [-0.25, -0.2) is 4.98 Å². The number of benzene rings is 2. The molecule has 0 unspecified atom stereocenters. The highest BCUT2D eigenvalue weighted by Crippen LogP contribution is 2.37. The number of para-hydroxylation sites is 2. The lowest BCUT2D eigenvalue weighted by molar-refractivity contribution is -0.109. The maximum Gasteiger partial charge on any atom is 0.123 e. The normalized spacial score (nSPS) is 26.5. The Morgan fingerprint density at radius 1 is 0.935 bits per heavy atom. The molecule has 0 aliphatic carbocycles. The zero-order chi connectivity index (χ0) is 21.4. The third kappa shape index (κ3) is 3.89. The topological polar surface area (TPSA) is 47.8 Å². The van der Waals surface area contributed by atoms with Crippen molar-refractivity contribution in [3.05, 3.63) is 66.0 Å². The first-order chi connectivity index (χ1) is 15.0. The Labute approximate surface area is 184 Å². The molecule has 31 heavy (non-hydrogen) atoms. The van der Waals surface area contributed by atoms with E-state index in [1.54, 1.807) is 0 Å². The Hall–Kier alpha value is -2.25. The molecule has 5 rings (SSSR count). The number of aromatic nitrogens is 2. The highest BCUT2D eigenvalue weighted by Gasteiger charge is 2.46. The first-order valence-electron chi connectivity index (χ1n) is 11.4. The van der Waals surface area contributed by atoms with Crippen molar-refractivity contribution in [2.45, 2.75) is 24.6 Å². The van der Waals surface area contributed by atoms with Gasteiger partial charge in [0.05, 0.1) is 23.6 Å². The van der Waals surface area contributed by atoms with Gasteiger partial charge < -0.3 is 14.6 Å². The van der Waals surface area contributed by atoms with Crippen LogP contribution in [0.4, 0.5) is 0 Å². The van der Waals surface area contributed by atoms with Crippen molar-refractivity contribution < 1.29 is 5.11 Å². The van der Waals surface area contributed by atoms with Gasteiger partial charge in [-0.15, -0.1) is 0 Å². The zero-order valence-electron chi connectivity index (χ0n) is 18.6. The van der Waals surface area contributed by atoms with Crippen molar-refractivity contribution in [1.82, 2.24) is 24.3 Å². The molecule has 2 aliphatic rings. The van der Waals surface area contributed by atoms with Crippen molar-refractivity contribution in [3.8, 4) is 0 Å². The monoisotopic (exact) mass is 419 g/mol. The fraction of sp³-hybridized carbons (Fsp3) is 0.480. The summed E-state index contributed by atoms with van der Waals surface area (Å²) in [7, 11) is 4.28. The molecule has 2 atom stereocenters. The minimum absolute atomic E-state index is 0.0760. The number of likely N-dealkylation sites (N-methyl/N-ethyl adjacent to an activating group) is 1. The summed E-state index contributed by atoms with van der Waals surface area (Å²) < 4.78 is 2.21. The molecule has 3 aromatic rings. The number of hydrogen-bond donors (Lipinski definition) is 1. The van der Waals surface area contributed by atoms with Crippen LogP contribution in [0.3, 0.4) is 0 Å². The minimum atomic E-state index is -0.819. The summed E-state index contributed by atoms with van der Waals surface area (Å²) in [4.78, 5) is 12.2. The highest BCUT2D eigenvalue weighted by atomic mass is 16.3. The van der Waals surface area contributed by atoms with Gasteiger partial charge in [0.2, 0.25) is 0 Å². The second-order valence-electron chi connectivity index (χ2n) is 9.21. The number of piperazine rings is 1. The lowest BCUT2D eigenvalue weighted by Gasteiger charge is -2.51. The molecule has 6 heteroatoms. The SMILES string of the molecule is CN1CCN([C@@H]2CN(Cc3nc4ccccc4n3C)CC[C@]2(O)c2ccccc2)CC1. The van der Waals surface area contributed by atoms with Crippen LogP contribution in [-0.2, 0) is 19.2 Å². The van der Waals surface area contributed by atoms with Crippen LogP contribution in [0, 0.1) is 0 Å². The zero-order valence-corrected chi connectivity index (χ0v) is 18.6. The summed E-state index contributed by atoms with van der Waals surface area (Å²) in [6.07, 6.45) is 0.734. The fourth-order valence-electron chi connectivity index (χ4n) is 5.28. The van der Waals surface area contributed by atoms with Crippen LogP contribution in [0.2, 0.25) is 0 Å². The number of piperidine rings is 1. The summed E-state index contributed by atoms with van der Waals surface area (Å²) in [5.41, 5.74) is 2.45. The number of aryl methyl sites for hydroxylation is 1. The predicted molar refractivity (Wildman–Crippen MR) is 124 cm³/mol. The number of rotatable bonds is 4. The molecule has 0 spiro atoms. The summed E-state index contributed by atoms with van der Waals surface area (Å²) in [5, 5.41) is 12.0. The second-order valence-corrected chi connectivity index (χ2v) is 9.21. The van der Waals surface area contributed by atoms with E-state index in [4.69, 9.17) is 4.98 Å². The van der Waals surface area contributed by atoms with Gasteiger partial charge in [-0.3, -0.25) is 9.80 Å². The molecule has 6 nitrogen and oxygen atoms in total. The summed E-state index contributed by atoms with van der Waals surface area (Å²) >= 11 is 0. The summed E-state index contributed by atoms with van der Waals surface area (Å²) in [6.45, 7) is 6.60. The van der Waals surface area contributed by atoms with Gasteiger partial charge in [-0.1, -0.05) is 42.5 Å². The summed E-state index contributed by atoms with van der Waals surface area (Å²) in [6, 6.07) is 18.7. The van der Waals surface area contributed by atoms with Gasteiger partial charge >= 0.3 is 0 Å². The smallest absolute Gasteiger partial charge is 0.123 e.